The molecule has 3 rings (SSSR count). The summed E-state index contributed by atoms with van der Waals surface area (Å²) in [4.78, 5) is 16.8. The highest BCUT2D eigenvalue weighted by atomic mass is 32.1. The Bertz CT molecular complexity index is 799. The third-order valence-corrected chi connectivity index (χ3v) is 5.16. The fourth-order valence-corrected chi connectivity index (χ4v) is 3.61. The molecule has 1 N–H and O–H groups in total. The van der Waals surface area contributed by atoms with Crippen molar-refractivity contribution in [3.05, 3.63) is 77.3 Å². The molecule has 0 saturated carbocycles. The Morgan fingerprint density at radius 2 is 1.76 bits per heavy atom. The summed E-state index contributed by atoms with van der Waals surface area (Å²) in [6, 6.07) is 20.4. The summed E-state index contributed by atoms with van der Waals surface area (Å²) in [6.45, 7) is 2.81. The third-order valence-electron chi connectivity index (χ3n) is 4.22. The summed E-state index contributed by atoms with van der Waals surface area (Å²) >= 11 is 1.58. The van der Waals surface area contributed by atoms with E-state index in [-0.39, 0.29) is 5.91 Å². The lowest BCUT2D eigenvalue weighted by Crippen LogP contribution is -2.29. The van der Waals surface area contributed by atoms with E-state index in [4.69, 9.17) is 0 Å². The van der Waals surface area contributed by atoms with E-state index in [9.17, 15) is 4.79 Å². The molecule has 0 bridgehead atoms. The van der Waals surface area contributed by atoms with Crippen LogP contribution in [0.25, 0.3) is 10.6 Å². The van der Waals surface area contributed by atoms with E-state index in [0.29, 0.717) is 18.9 Å². The molecule has 2 aromatic carbocycles. The monoisotopic (exact) mass is 350 g/mol. The van der Waals surface area contributed by atoms with Gasteiger partial charge in [-0.1, -0.05) is 67.6 Å². The van der Waals surface area contributed by atoms with E-state index in [1.54, 1.807) is 11.3 Å². The van der Waals surface area contributed by atoms with Gasteiger partial charge in [-0.15, -0.1) is 11.3 Å². The molecule has 0 aliphatic carbocycles. The topological polar surface area (TPSA) is 42.0 Å². The molecule has 0 aliphatic heterocycles. The molecule has 1 heterocycles. The zero-order valence-electron chi connectivity index (χ0n) is 14.3. The first-order valence-corrected chi connectivity index (χ1v) is 9.45. The predicted molar refractivity (Wildman–Crippen MR) is 104 cm³/mol. The number of benzene rings is 2. The number of hydrogen-bond donors (Lipinski definition) is 1. The summed E-state index contributed by atoms with van der Waals surface area (Å²) in [7, 11) is 0. The fraction of sp³-hybridized carbons (Fsp3) is 0.238. The SMILES string of the molecule is CCC(CNC(=O)Cc1csc(-c2ccccc2)n1)c1ccccc1. The highest BCUT2D eigenvalue weighted by Gasteiger charge is 2.12. The molecule has 1 unspecified atom stereocenters. The Labute approximate surface area is 152 Å². The molecule has 0 radical (unpaired) electrons. The number of thiazole rings is 1. The molecule has 0 fully saturated rings. The molecule has 0 saturated heterocycles. The van der Waals surface area contributed by atoms with Crippen LogP contribution < -0.4 is 5.32 Å². The van der Waals surface area contributed by atoms with Crippen molar-refractivity contribution in [1.82, 2.24) is 10.3 Å². The standard InChI is InChI=1S/C21H22N2OS/c1-2-16(17-9-5-3-6-10-17)14-22-20(24)13-19-15-25-21(23-19)18-11-7-4-8-12-18/h3-12,15-16H,2,13-14H2,1H3,(H,22,24). The Hall–Kier alpha value is -2.46. The van der Waals surface area contributed by atoms with E-state index >= 15 is 0 Å². The quantitative estimate of drug-likeness (QED) is 0.673. The number of nitrogens with zero attached hydrogens (tertiary/aromatic N) is 1. The highest BCUT2D eigenvalue weighted by molar-refractivity contribution is 7.13. The molecule has 128 valence electrons. The van der Waals surface area contributed by atoms with Gasteiger partial charge in [-0.2, -0.15) is 0 Å². The molecule has 1 atom stereocenters. The minimum atomic E-state index is 0.0271. The van der Waals surface area contributed by atoms with E-state index in [1.165, 1.54) is 5.56 Å². The zero-order valence-corrected chi connectivity index (χ0v) is 15.1. The molecule has 25 heavy (non-hydrogen) atoms. The van der Waals surface area contributed by atoms with Gasteiger partial charge in [0.1, 0.15) is 5.01 Å². The lowest BCUT2D eigenvalue weighted by Gasteiger charge is -2.16. The van der Waals surface area contributed by atoms with Crippen LogP contribution in [-0.2, 0) is 11.2 Å². The lowest BCUT2D eigenvalue weighted by molar-refractivity contribution is -0.120. The number of aromatic nitrogens is 1. The Morgan fingerprint density at radius 1 is 1.08 bits per heavy atom. The minimum absolute atomic E-state index is 0.0271. The van der Waals surface area contributed by atoms with Gasteiger partial charge in [-0.25, -0.2) is 4.98 Å². The molecule has 1 aromatic heterocycles. The van der Waals surface area contributed by atoms with Crippen LogP contribution in [0.1, 0.15) is 30.5 Å². The van der Waals surface area contributed by atoms with E-state index in [0.717, 1.165) is 22.7 Å². The van der Waals surface area contributed by atoms with Gasteiger partial charge in [-0.3, -0.25) is 4.79 Å². The maximum absolute atomic E-state index is 12.3. The Balaban J connectivity index is 1.55. The maximum Gasteiger partial charge on any atom is 0.226 e. The molecule has 1 amide bonds. The molecular weight excluding hydrogens is 328 g/mol. The Morgan fingerprint density at radius 3 is 2.44 bits per heavy atom. The largest absolute Gasteiger partial charge is 0.355 e. The number of carbonyl (C=O) groups is 1. The van der Waals surface area contributed by atoms with E-state index in [2.05, 4.69) is 29.4 Å². The van der Waals surface area contributed by atoms with Gasteiger partial charge in [0.05, 0.1) is 12.1 Å². The second-order valence-electron chi connectivity index (χ2n) is 6.01. The van der Waals surface area contributed by atoms with Gasteiger partial charge in [0.15, 0.2) is 0 Å². The number of rotatable bonds is 7. The van der Waals surface area contributed by atoms with Gasteiger partial charge in [0.2, 0.25) is 5.91 Å². The van der Waals surface area contributed by atoms with Gasteiger partial charge in [0.25, 0.3) is 0 Å². The Kier molecular flexibility index (Phi) is 5.96. The lowest BCUT2D eigenvalue weighted by atomic mass is 9.96. The van der Waals surface area contributed by atoms with Gasteiger partial charge in [-0.05, 0) is 12.0 Å². The van der Waals surface area contributed by atoms with Crippen molar-refractivity contribution < 1.29 is 4.79 Å². The number of amides is 1. The molecule has 3 aromatic rings. The van der Waals surface area contributed by atoms with Crippen molar-refractivity contribution in [2.24, 2.45) is 0 Å². The van der Waals surface area contributed by atoms with Crippen molar-refractivity contribution in [1.29, 1.82) is 0 Å². The number of carbonyl (C=O) groups excluding carboxylic acids is 1. The van der Waals surface area contributed by atoms with Crippen molar-refractivity contribution in [2.45, 2.75) is 25.7 Å². The number of hydrogen-bond acceptors (Lipinski definition) is 3. The smallest absolute Gasteiger partial charge is 0.226 e. The van der Waals surface area contributed by atoms with Crippen molar-refractivity contribution in [3.63, 3.8) is 0 Å². The maximum atomic E-state index is 12.3. The summed E-state index contributed by atoms with van der Waals surface area (Å²) in [6.07, 6.45) is 1.33. The van der Waals surface area contributed by atoms with Crippen LogP contribution in [0.4, 0.5) is 0 Å². The van der Waals surface area contributed by atoms with Crippen LogP contribution in [0, 0.1) is 0 Å². The highest BCUT2D eigenvalue weighted by Crippen LogP contribution is 2.23. The van der Waals surface area contributed by atoms with Crippen LogP contribution in [0.5, 0.6) is 0 Å². The summed E-state index contributed by atoms with van der Waals surface area (Å²) in [5.74, 6) is 0.375. The average molecular weight is 350 g/mol. The first kappa shape index (κ1) is 17.4. The van der Waals surface area contributed by atoms with Crippen LogP contribution in [0.3, 0.4) is 0 Å². The van der Waals surface area contributed by atoms with Crippen LogP contribution in [0.2, 0.25) is 0 Å². The van der Waals surface area contributed by atoms with Crippen molar-refractivity contribution in [2.75, 3.05) is 6.54 Å². The first-order chi connectivity index (χ1) is 12.3. The predicted octanol–water partition coefficient (Wildman–Crippen LogP) is 4.66. The van der Waals surface area contributed by atoms with Crippen LogP contribution >= 0.6 is 11.3 Å². The average Bonchev–Trinajstić information content (AvgIpc) is 3.12. The fourth-order valence-electron chi connectivity index (χ4n) is 2.79. The second kappa shape index (κ2) is 8.58. The molecule has 3 nitrogen and oxygen atoms in total. The minimum Gasteiger partial charge on any atom is -0.355 e. The second-order valence-corrected chi connectivity index (χ2v) is 6.86. The number of nitrogens with one attached hydrogen (secondary N) is 1. The van der Waals surface area contributed by atoms with Gasteiger partial charge in [0, 0.05) is 23.4 Å². The third kappa shape index (κ3) is 4.77. The molecule has 4 heteroatoms. The van der Waals surface area contributed by atoms with Gasteiger partial charge >= 0.3 is 0 Å². The molecule has 0 spiro atoms. The molecular formula is C21H22N2OS. The summed E-state index contributed by atoms with van der Waals surface area (Å²) in [5.41, 5.74) is 3.19. The van der Waals surface area contributed by atoms with E-state index < -0.39 is 0 Å². The van der Waals surface area contributed by atoms with Crippen molar-refractivity contribution in [3.8, 4) is 10.6 Å². The van der Waals surface area contributed by atoms with E-state index in [1.807, 2.05) is 53.9 Å². The van der Waals surface area contributed by atoms with Crippen LogP contribution in [-0.4, -0.2) is 17.4 Å². The normalized spacial score (nSPS) is 11.9. The van der Waals surface area contributed by atoms with Crippen LogP contribution in [0.15, 0.2) is 66.0 Å². The summed E-state index contributed by atoms with van der Waals surface area (Å²) < 4.78 is 0. The first-order valence-electron chi connectivity index (χ1n) is 8.57. The van der Waals surface area contributed by atoms with Gasteiger partial charge < -0.3 is 5.32 Å². The van der Waals surface area contributed by atoms with Crippen molar-refractivity contribution >= 4 is 17.2 Å². The molecule has 0 aliphatic rings. The zero-order chi connectivity index (χ0) is 17.5. The summed E-state index contributed by atoms with van der Waals surface area (Å²) in [5, 5.41) is 5.98.